The molecule has 0 unspecified atom stereocenters. The zero-order chi connectivity index (χ0) is 28.1. The minimum absolute atomic E-state index is 0.0162. The zero-order valence-electron chi connectivity index (χ0n) is 23.3. The highest BCUT2D eigenvalue weighted by Gasteiger charge is 2.22. The van der Waals surface area contributed by atoms with Crippen molar-refractivity contribution in [2.24, 2.45) is 5.41 Å². The second-order valence-electron chi connectivity index (χ2n) is 10.1. The topological polar surface area (TPSA) is 135 Å². The summed E-state index contributed by atoms with van der Waals surface area (Å²) < 4.78 is 15.7. The molecule has 1 rings (SSSR count). The van der Waals surface area contributed by atoms with Gasteiger partial charge in [-0.05, 0) is 30.4 Å². The van der Waals surface area contributed by atoms with Gasteiger partial charge < -0.3 is 35.3 Å². The SMILES string of the molecule is CCCCCCNC(=O)OCC(C)(C)COC(=O)NCCCCCCNC(=O)OCc1ccc(CO)cc1. The predicted molar refractivity (Wildman–Crippen MR) is 146 cm³/mol. The maximum atomic E-state index is 11.9. The van der Waals surface area contributed by atoms with Crippen molar-refractivity contribution in [3.63, 3.8) is 0 Å². The predicted octanol–water partition coefficient (Wildman–Crippen LogP) is 5.02. The van der Waals surface area contributed by atoms with E-state index < -0.39 is 23.7 Å². The second-order valence-corrected chi connectivity index (χ2v) is 10.1. The molecule has 0 aromatic heterocycles. The lowest BCUT2D eigenvalue weighted by atomic mass is 9.96. The minimum atomic E-state index is -0.492. The van der Waals surface area contributed by atoms with Gasteiger partial charge >= 0.3 is 18.3 Å². The van der Waals surface area contributed by atoms with Crippen LogP contribution in [0.15, 0.2) is 24.3 Å². The van der Waals surface area contributed by atoms with Gasteiger partial charge in [0, 0.05) is 25.0 Å². The number of hydrogen-bond acceptors (Lipinski definition) is 7. The molecule has 0 spiro atoms. The Morgan fingerprint density at radius 1 is 0.684 bits per heavy atom. The molecule has 1 aromatic carbocycles. The number of carbonyl (C=O) groups is 3. The monoisotopic (exact) mass is 537 g/mol. The standard InChI is InChI=1S/C28H47N3O7/c1-4-5-6-9-16-30-26(34)37-21-28(2,3)22-38-27(35)31-18-11-8-7-10-17-29-25(33)36-20-24-14-12-23(19-32)13-15-24/h12-15,32H,4-11,16-22H2,1-3H3,(H,29,33)(H,30,34)(H,31,35). The molecule has 0 bridgehead atoms. The fourth-order valence-corrected chi connectivity index (χ4v) is 3.33. The molecule has 0 radical (unpaired) electrons. The van der Waals surface area contributed by atoms with Crippen LogP contribution in [0, 0.1) is 5.41 Å². The molecule has 0 saturated heterocycles. The molecular weight excluding hydrogens is 490 g/mol. The lowest BCUT2D eigenvalue weighted by Gasteiger charge is -2.23. The summed E-state index contributed by atoms with van der Waals surface area (Å²) in [5.41, 5.74) is 1.18. The van der Waals surface area contributed by atoms with Crippen LogP contribution in [0.5, 0.6) is 0 Å². The number of carbonyl (C=O) groups excluding carboxylic acids is 3. The van der Waals surface area contributed by atoms with Crippen molar-refractivity contribution in [2.45, 2.75) is 85.4 Å². The molecule has 0 fully saturated rings. The number of hydrogen-bond donors (Lipinski definition) is 4. The summed E-state index contributed by atoms with van der Waals surface area (Å²) in [4.78, 5) is 35.5. The van der Waals surface area contributed by atoms with Crippen LogP contribution in [0.25, 0.3) is 0 Å². The Morgan fingerprint density at radius 3 is 1.55 bits per heavy atom. The second kappa shape index (κ2) is 20.0. The molecule has 0 aliphatic rings. The average Bonchev–Trinajstić information content (AvgIpc) is 2.91. The van der Waals surface area contributed by atoms with Crippen molar-refractivity contribution >= 4 is 18.3 Å². The number of aliphatic hydroxyl groups excluding tert-OH is 1. The number of aliphatic hydroxyl groups is 1. The molecule has 216 valence electrons. The number of unbranched alkanes of at least 4 members (excludes halogenated alkanes) is 6. The van der Waals surface area contributed by atoms with Gasteiger partial charge in [0.2, 0.25) is 0 Å². The van der Waals surface area contributed by atoms with Crippen molar-refractivity contribution in [2.75, 3.05) is 32.8 Å². The van der Waals surface area contributed by atoms with E-state index in [0.717, 1.165) is 62.5 Å². The number of rotatable bonds is 19. The summed E-state index contributed by atoms with van der Waals surface area (Å²) in [5, 5.41) is 17.2. The first-order valence-corrected chi connectivity index (χ1v) is 13.7. The number of benzene rings is 1. The Morgan fingerprint density at radius 2 is 1.11 bits per heavy atom. The third-order valence-electron chi connectivity index (χ3n) is 5.71. The molecule has 0 heterocycles. The first-order chi connectivity index (χ1) is 18.3. The lowest BCUT2D eigenvalue weighted by molar-refractivity contribution is 0.0466. The van der Waals surface area contributed by atoms with Gasteiger partial charge in [-0.25, -0.2) is 14.4 Å². The lowest BCUT2D eigenvalue weighted by Crippen LogP contribution is -2.34. The van der Waals surface area contributed by atoms with Gasteiger partial charge in [-0.15, -0.1) is 0 Å². The summed E-state index contributed by atoms with van der Waals surface area (Å²) in [6.07, 6.45) is 6.35. The number of amides is 3. The summed E-state index contributed by atoms with van der Waals surface area (Å²) >= 11 is 0. The van der Waals surface area contributed by atoms with Crippen molar-refractivity contribution in [1.29, 1.82) is 0 Å². The third kappa shape index (κ3) is 17.4. The van der Waals surface area contributed by atoms with E-state index in [2.05, 4.69) is 22.9 Å². The van der Waals surface area contributed by atoms with Crippen molar-refractivity contribution in [3.8, 4) is 0 Å². The molecule has 0 aliphatic carbocycles. The van der Waals surface area contributed by atoms with E-state index in [1.807, 2.05) is 26.0 Å². The van der Waals surface area contributed by atoms with Gasteiger partial charge in [-0.2, -0.15) is 0 Å². The van der Waals surface area contributed by atoms with Gasteiger partial charge in [0.15, 0.2) is 0 Å². The normalized spacial score (nSPS) is 10.9. The Bertz CT molecular complexity index is 800. The van der Waals surface area contributed by atoms with Crippen LogP contribution >= 0.6 is 0 Å². The van der Waals surface area contributed by atoms with Crippen LogP contribution in [0.1, 0.15) is 83.3 Å². The molecule has 10 nitrogen and oxygen atoms in total. The van der Waals surface area contributed by atoms with Crippen LogP contribution < -0.4 is 16.0 Å². The Hall–Kier alpha value is -3.01. The molecule has 38 heavy (non-hydrogen) atoms. The van der Waals surface area contributed by atoms with Gasteiger partial charge in [-0.3, -0.25) is 0 Å². The quantitative estimate of drug-likeness (QED) is 0.144. The minimum Gasteiger partial charge on any atom is -0.449 e. The van der Waals surface area contributed by atoms with Crippen LogP contribution in [0.2, 0.25) is 0 Å². The first kappa shape index (κ1) is 33.0. The maximum Gasteiger partial charge on any atom is 0.407 e. The fourth-order valence-electron chi connectivity index (χ4n) is 3.33. The molecule has 0 aliphatic heterocycles. The summed E-state index contributed by atoms with van der Waals surface area (Å²) in [7, 11) is 0. The van der Waals surface area contributed by atoms with Crippen molar-refractivity contribution in [1.82, 2.24) is 16.0 Å². The summed E-state index contributed by atoms with van der Waals surface area (Å²) in [5.74, 6) is 0. The molecule has 0 saturated carbocycles. The number of nitrogens with one attached hydrogen (secondary N) is 3. The van der Waals surface area contributed by atoms with Gasteiger partial charge in [-0.1, -0.05) is 77.1 Å². The van der Waals surface area contributed by atoms with E-state index in [1.165, 1.54) is 0 Å². The highest BCUT2D eigenvalue weighted by molar-refractivity contribution is 5.68. The maximum absolute atomic E-state index is 11.9. The first-order valence-electron chi connectivity index (χ1n) is 13.7. The van der Waals surface area contributed by atoms with E-state index in [-0.39, 0.29) is 26.4 Å². The molecular formula is C28H47N3O7. The van der Waals surface area contributed by atoms with E-state index in [4.69, 9.17) is 19.3 Å². The molecule has 4 N–H and O–H groups in total. The van der Waals surface area contributed by atoms with Crippen LogP contribution in [-0.4, -0.2) is 56.2 Å². The average molecular weight is 538 g/mol. The highest BCUT2D eigenvalue weighted by atomic mass is 16.6. The van der Waals surface area contributed by atoms with Crippen LogP contribution in [-0.2, 0) is 27.4 Å². The van der Waals surface area contributed by atoms with E-state index in [0.29, 0.717) is 19.6 Å². The zero-order valence-corrected chi connectivity index (χ0v) is 23.3. The molecule has 10 heteroatoms. The molecule has 3 amide bonds. The van der Waals surface area contributed by atoms with E-state index >= 15 is 0 Å². The smallest absolute Gasteiger partial charge is 0.407 e. The largest absolute Gasteiger partial charge is 0.449 e. The summed E-state index contributed by atoms with van der Waals surface area (Å²) in [6.45, 7) is 7.95. The van der Waals surface area contributed by atoms with Gasteiger partial charge in [0.1, 0.15) is 19.8 Å². The Kier molecular flexibility index (Phi) is 17.4. The molecule has 0 atom stereocenters. The van der Waals surface area contributed by atoms with Gasteiger partial charge in [0.05, 0.1) is 6.61 Å². The van der Waals surface area contributed by atoms with E-state index in [9.17, 15) is 14.4 Å². The summed E-state index contributed by atoms with van der Waals surface area (Å²) in [6, 6.07) is 7.22. The van der Waals surface area contributed by atoms with Gasteiger partial charge in [0.25, 0.3) is 0 Å². The molecule has 1 aromatic rings. The highest BCUT2D eigenvalue weighted by Crippen LogP contribution is 2.16. The van der Waals surface area contributed by atoms with Crippen LogP contribution in [0.4, 0.5) is 14.4 Å². The third-order valence-corrected chi connectivity index (χ3v) is 5.71. The fraction of sp³-hybridized carbons (Fsp3) is 0.679. The van der Waals surface area contributed by atoms with Crippen molar-refractivity contribution < 1.29 is 33.7 Å². The number of ether oxygens (including phenoxy) is 3. The Balaban J connectivity index is 1.99. The van der Waals surface area contributed by atoms with Crippen LogP contribution in [0.3, 0.4) is 0 Å². The van der Waals surface area contributed by atoms with Crippen molar-refractivity contribution in [3.05, 3.63) is 35.4 Å². The Labute approximate surface area is 227 Å². The van der Waals surface area contributed by atoms with E-state index in [1.54, 1.807) is 12.1 Å². The number of alkyl carbamates (subject to hydrolysis) is 3.